The normalized spacial score (nSPS) is 14.9. The van der Waals surface area contributed by atoms with Crippen LogP contribution in [0.15, 0.2) is 30.3 Å². The molecule has 1 aliphatic rings. The van der Waals surface area contributed by atoms with Crippen LogP contribution in [0, 0.1) is 0 Å². The fourth-order valence-corrected chi connectivity index (χ4v) is 3.07. The van der Waals surface area contributed by atoms with Crippen LogP contribution in [0.3, 0.4) is 0 Å². The summed E-state index contributed by atoms with van der Waals surface area (Å²) in [5.74, 6) is -0.688. The van der Waals surface area contributed by atoms with Gasteiger partial charge in [-0.15, -0.1) is 0 Å². The number of aliphatic carboxylic acids is 1. The van der Waals surface area contributed by atoms with Gasteiger partial charge in [-0.3, -0.25) is 9.59 Å². The number of benzene rings is 1. The average molecular weight is 361 g/mol. The molecule has 26 heavy (non-hydrogen) atoms. The Kier molecular flexibility index (Phi) is 7.92. The van der Waals surface area contributed by atoms with Gasteiger partial charge in [-0.2, -0.15) is 0 Å². The first kappa shape index (κ1) is 19.8. The van der Waals surface area contributed by atoms with E-state index in [9.17, 15) is 14.4 Å². The minimum absolute atomic E-state index is 0.00878. The molecular weight excluding hydrogens is 334 g/mol. The lowest BCUT2D eigenvalue weighted by atomic mass is 10.0. The van der Waals surface area contributed by atoms with Gasteiger partial charge in [0.1, 0.15) is 0 Å². The van der Waals surface area contributed by atoms with Crippen molar-refractivity contribution in [2.75, 3.05) is 19.6 Å². The quantitative estimate of drug-likeness (QED) is 0.553. The van der Waals surface area contributed by atoms with Gasteiger partial charge in [-0.1, -0.05) is 30.3 Å². The van der Waals surface area contributed by atoms with Crippen molar-refractivity contribution in [1.82, 2.24) is 15.5 Å². The number of nitrogens with zero attached hydrogens (tertiary/aromatic N) is 1. The highest BCUT2D eigenvalue weighted by atomic mass is 16.4. The number of urea groups is 1. The number of carboxylic acids is 1. The Bertz CT molecular complexity index is 606. The molecule has 142 valence electrons. The van der Waals surface area contributed by atoms with Crippen molar-refractivity contribution in [2.45, 2.75) is 44.6 Å². The van der Waals surface area contributed by atoms with Gasteiger partial charge in [-0.25, -0.2) is 4.79 Å². The van der Waals surface area contributed by atoms with Crippen LogP contribution in [0.2, 0.25) is 0 Å². The molecule has 0 aromatic heterocycles. The average Bonchev–Trinajstić information content (AvgIpc) is 3.02. The largest absolute Gasteiger partial charge is 0.481 e. The minimum atomic E-state index is -0.874. The standard InChI is InChI=1S/C19H27N3O4/c23-17-8-4-12-22(17)13-5-11-20-19(26)21-16(9-10-18(24)25)14-15-6-2-1-3-7-15/h1-3,6-7,16H,4-5,8-14H2,(H,24,25)(H2,20,21,26). The second kappa shape index (κ2) is 10.4. The highest BCUT2D eigenvalue weighted by Gasteiger charge is 2.19. The number of hydrogen-bond donors (Lipinski definition) is 3. The SMILES string of the molecule is O=C(O)CCC(Cc1ccccc1)NC(=O)NCCCN1CCCC1=O. The number of carbonyl (C=O) groups is 3. The maximum absolute atomic E-state index is 12.1. The molecule has 0 aliphatic carbocycles. The highest BCUT2D eigenvalue weighted by Crippen LogP contribution is 2.10. The first-order valence-corrected chi connectivity index (χ1v) is 9.12. The van der Waals surface area contributed by atoms with E-state index in [1.807, 2.05) is 35.2 Å². The van der Waals surface area contributed by atoms with Crippen LogP contribution in [0.5, 0.6) is 0 Å². The third-order valence-corrected chi connectivity index (χ3v) is 4.43. The van der Waals surface area contributed by atoms with E-state index < -0.39 is 5.97 Å². The smallest absolute Gasteiger partial charge is 0.315 e. The molecule has 7 heteroatoms. The first-order chi connectivity index (χ1) is 12.5. The maximum atomic E-state index is 12.1. The van der Waals surface area contributed by atoms with Crippen LogP contribution >= 0.6 is 0 Å². The molecule has 1 unspecified atom stereocenters. The molecule has 7 nitrogen and oxygen atoms in total. The fraction of sp³-hybridized carbons (Fsp3) is 0.526. The van der Waals surface area contributed by atoms with Crippen LogP contribution in [0.4, 0.5) is 4.79 Å². The minimum Gasteiger partial charge on any atom is -0.481 e. The van der Waals surface area contributed by atoms with Crippen LogP contribution in [-0.2, 0) is 16.0 Å². The van der Waals surface area contributed by atoms with Gasteiger partial charge < -0.3 is 20.6 Å². The van der Waals surface area contributed by atoms with E-state index in [2.05, 4.69) is 10.6 Å². The Labute approximate surface area is 153 Å². The Morgan fingerprint density at radius 2 is 2.00 bits per heavy atom. The zero-order valence-electron chi connectivity index (χ0n) is 14.9. The van der Waals surface area contributed by atoms with Gasteiger partial charge >= 0.3 is 12.0 Å². The summed E-state index contributed by atoms with van der Waals surface area (Å²) in [6.07, 6.45) is 3.21. The van der Waals surface area contributed by atoms with E-state index in [4.69, 9.17) is 5.11 Å². The summed E-state index contributed by atoms with van der Waals surface area (Å²) in [5, 5.41) is 14.6. The van der Waals surface area contributed by atoms with Crippen LogP contribution in [0.1, 0.15) is 37.7 Å². The number of carboxylic acid groups (broad SMARTS) is 1. The summed E-state index contributed by atoms with van der Waals surface area (Å²) >= 11 is 0. The zero-order chi connectivity index (χ0) is 18.8. The van der Waals surface area contributed by atoms with E-state index in [-0.39, 0.29) is 24.4 Å². The summed E-state index contributed by atoms with van der Waals surface area (Å²) in [6.45, 7) is 1.94. The van der Waals surface area contributed by atoms with Crippen molar-refractivity contribution in [2.24, 2.45) is 0 Å². The van der Waals surface area contributed by atoms with Gasteiger partial charge in [0, 0.05) is 38.5 Å². The molecule has 1 fully saturated rings. The Hall–Kier alpha value is -2.57. The summed E-state index contributed by atoms with van der Waals surface area (Å²) in [7, 11) is 0. The lowest BCUT2D eigenvalue weighted by Gasteiger charge is -2.19. The molecule has 3 amide bonds. The molecule has 0 saturated carbocycles. The Balaban J connectivity index is 1.73. The van der Waals surface area contributed by atoms with E-state index in [0.717, 1.165) is 18.5 Å². The monoisotopic (exact) mass is 361 g/mol. The van der Waals surface area contributed by atoms with Crippen molar-refractivity contribution in [3.8, 4) is 0 Å². The van der Waals surface area contributed by atoms with Gasteiger partial charge in [0.25, 0.3) is 0 Å². The summed E-state index contributed by atoms with van der Waals surface area (Å²) in [4.78, 5) is 36.3. The third-order valence-electron chi connectivity index (χ3n) is 4.43. The van der Waals surface area contributed by atoms with Crippen LogP contribution in [-0.4, -0.2) is 53.6 Å². The topological polar surface area (TPSA) is 98.7 Å². The maximum Gasteiger partial charge on any atom is 0.315 e. The van der Waals surface area contributed by atoms with Gasteiger partial charge in [0.15, 0.2) is 0 Å². The Morgan fingerprint density at radius 3 is 2.65 bits per heavy atom. The van der Waals surface area contributed by atoms with Crippen LogP contribution in [0.25, 0.3) is 0 Å². The number of amides is 3. The van der Waals surface area contributed by atoms with Gasteiger partial charge in [0.2, 0.25) is 5.91 Å². The van der Waals surface area contributed by atoms with E-state index in [0.29, 0.717) is 38.8 Å². The number of likely N-dealkylation sites (tertiary alicyclic amines) is 1. The molecule has 1 aromatic carbocycles. The molecule has 0 spiro atoms. The van der Waals surface area contributed by atoms with Crippen LogP contribution < -0.4 is 10.6 Å². The molecule has 1 aliphatic heterocycles. The first-order valence-electron chi connectivity index (χ1n) is 9.12. The molecule has 3 N–H and O–H groups in total. The van der Waals surface area contributed by atoms with E-state index >= 15 is 0 Å². The zero-order valence-corrected chi connectivity index (χ0v) is 14.9. The van der Waals surface area contributed by atoms with Crippen molar-refractivity contribution >= 4 is 17.9 Å². The number of nitrogens with one attached hydrogen (secondary N) is 2. The van der Waals surface area contributed by atoms with Crippen molar-refractivity contribution < 1.29 is 19.5 Å². The molecule has 2 rings (SSSR count). The van der Waals surface area contributed by atoms with Crippen molar-refractivity contribution in [3.63, 3.8) is 0 Å². The second-order valence-electron chi connectivity index (χ2n) is 6.56. The van der Waals surface area contributed by atoms with Crippen molar-refractivity contribution in [1.29, 1.82) is 0 Å². The lowest BCUT2D eigenvalue weighted by molar-refractivity contribution is -0.137. The fourth-order valence-electron chi connectivity index (χ4n) is 3.07. The summed E-state index contributed by atoms with van der Waals surface area (Å²) < 4.78 is 0. The molecule has 1 atom stereocenters. The molecule has 0 bridgehead atoms. The lowest BCUT2D eigenvalue weighted by Crippen LogP contribution is -2.44. The molecular formula is C19H27N3O4. The van der Waals surface area contributed by atoms with E-state index in [1.165, 1.54) is 0 Å². The molecule has 0 radical (unpaired) electrons. The second-order valence-corrected chi connectivity index (χ2v) is 6.56. The predicted molar refractivity (Wildman–Crippen MR) is 97.8 cm³/mol. The Morgan fingerprint density at radius 1 is 1.23 bits per heavy atom. The highest BCUT2D eigenvalue weighted by molar-refractivity contribution is 5.78. The van der Waals surface area contributed by atoms with Gasteiger partial charge in [0.05, 0.1) is 0 Å². The number of carbonyl (C=O) groups excluding carboxylic acids is 2. The number of hydrogen-bond acceptors (Lipinski definition) is 3. The predicted octanol–water partition coefficient (Wildman–Crippen LogP) is 1.77. The molecule has 1 heterocycles. The number of rotatable bonds is 10. The summed E-state index contributed by atoms with van der Waals surface area (Å²) in [6, 6.07) is 9.13. The summed E-state index contributed by atoms with van der Waals surface area (Å²) in [5.41, 5.74) is 1.05. The van der Waals surface area contributed by atoms with Crippen molar-refractivity contribution in [3.05, 3.63) is 35.9 Å². The van der Waals surface area contributed by atoms with E-state index in [1.54, 1.807) is 0 Å². The van der Waals surface area contributed by atoms with Gasteiger partial charge in [-0.05, 0) is 31.2 Å². The molecule has 1 aromatic rings. The molecule has 1 saturated heterocycles. The third kappa shape index (κ3) is 7.13.